The summed E-state index contributed by atoms with van der Waals surface area (Å²) in [5.74, 6) is 0.772. The summed E-state index contributed by atoms with van der Waals surface area (Å²) in [4.78, 5) is 2.42. The second kappa shape index (κ2) is 8.46. The van der Waals surface area contributed by atoms with Gasteiger partial charge in [-0.25, -0.2) is 15.2 Å². The standard InChI is InChI=1S/C21H28FN5/c1-27(13-17-11-23-25-20(17)15-5-3-2-4-6-15)14-18-12-24-26-21(18)16-7-9-19(22)10-8-16/h2-10,17-18,20-21,23-26H,11-14H2,1H3. The predicted molar refractivity (Wildman–Crippen MR) is 105 cm³/mol. The van der Waals surface area contributed by atoms with Gasteiger partial charge in [0.25, 0.3) is 0 Å². The summed E-state index contributed by atoms with van der Waals surface area (Å²) >= 11 is 0. The van der Waals surface area contributed by atoms with Gasteiger partial charge in [-0.3, -0.25) is 10.9 Å². The fourth-order valence-electron chi connectivity index (χ4n) is 4.33. The first-order chi connectivity index (χ1) is 13.2. The molecule has 5 nitrogen and oxygen atoms in total. The number of hydrogen-bond donors (Lipinski definition) is 4. The minimum Gasteiger partial charge on any atom is -0.306 e. The molecule has 2 heterocycles. The molecule has 0 bridgehead atoms. The first kappa shape index (κ1) is 18.5. The van der Waals surface area contributed by atoms with E-state index in [0.29, 0.717) is 17.9 Å². The molecule has 0 radical (unpaired) electrons. The number of hydrogen-bond acceptors (Lipinski definition) is 5. The Labute approximate surface area is 160 Å². The molecule has 27 heavy (non-hydrogen) atoms. The lowest BCUT2D eigenvalue weighted by Crippen LogP contribution is -2.35. The summed E-state index contributed by atoms with van der Waals surface area (Å²) in [6.07, 6.45) is 0. The molecule has 0 aliphatic carbocycles. The molecule has 0 spiro atoms. The van der Waals surface area contributed by atoms with E-state index < -0.39 is 0 Å². The average Bonchev–Trinajstić information content (AvgIpc) is 3.33. The van der Waals surface area contributed by atoms with Crippen LogP contribution in [0.3, 0.4) is 0 Å². The molecule has 2 aliphatic rings. The number of nitrogens with one attached hydrogen (secondary N) is 4. The first-order valence-corrected chi connectivity index (χ1v) is 9.66. The predicted octanol–water partition coefficient (Wildman–Crippen LogP) is 1.99. The zero-order valence-electron chi connectivity index (χ0n) is 15.7. The maximum absolute atomic E-state index is 13.2. The van der Waals surface area contributed by atoms with Gasteiger partial charge in [-0.05, 0) is 30.3 Å². The third-order valence-electron chi connectivity index (χ3n) is 5.67. The fourth-order valence-corrected chi connectivity index (χ4v) is 4.33. The van der Waals surface area contributed by atoms with E-state index in [1.165, 1.54) is 17.7 Å². The van der Waals surface area contributed by atoms with E-state index in [4.69, 9.17) is 0 Å². The average molecular weight is 369 g/mol. The zero-order chi connectivity index (χ0) is 18.6. The second-order valence-electron chi connectivity index (χ2n) is 7.71. The highest BCUT2D eigenvalue weighted by atomic mass is 19.1. The van der Waals surface area contributed by atoms with Crippen molar-refractivity contribution in [2.45, 2.75) is 12.1 Å². The Hall–Kier alpha value is -1.83. The Morgan fingerprint density at radius 2 is 1.33 bits per heavy atom. The van der Waals surface area contributed by atoms with E-state index in [-0.39, 0.29) is 11.9 Å². The number of halogens is 1. The normalized spacial score (nSPS) is 28.1. The summed E-state index contributed by atoms with van der Waals surface area (Å²) in [5.41, 5.74) is 15.8. The minimum atomic E-state index is -0.188. The number of hydrazine groups is 2. The van der Waals surface area contributed by atoms with Crippen LogP contribution in [0.1, 0.15) is 23.2 Å². The lowest BCUT2D eigenvalue weighted by Gasteiger charge is -2.28. The van der Waals surface area contributed by atoms with E-state index in [2.05, 4.69) is 64.0 Å². The maximum atomic E-state index is 13.2. The molecule has 144 valence electrons. The van der Waals surface area contributed by atoms with Gasteiger partial charge in [0.2, 0.25) is 0 Å². The van der Waals surface area contributed by atoms with Crippen molar-refractivity contribution < 1.29 is 4.39 Å². The lowest BCUT2D eigenvalue weighted by molar-refractivity contribution is 0.228. The molecular weight excluding hydrogens is 341 g/mol. The van der Waals surface area contributed by atoms with Crippen molar-refractivity contribution in [2.75, 3.05) is 33.2 Å². The van der Waals surface area contributed by atoms with Crippen molar-refractivity contribution in [1.29, 1.82) is 0 Å². The maximum Gasteiger partial charge on any atom is 0.123 e. The Kier molecular flexibility index (Phi) is 5.80. The molecule has 2 aromatic rings. The lowest BCUT2D eigenvalue weighted by atomic mass is 9.92. The molecule has 2 aromatic carbocycles. The van der Waals surface area contributed by atoms with E-state index in [1.807, 2.05) is 12.1 Å². The highest BCUT2D eigenvalue weighted by Crippen LogP contribution is 2.28. The van der Waals surface area contributed by atoms with Crippen molar-refractivity contribution in [3.8, 4) is 0 Å². The van der Waals surface area contributed by atoms with Crippen LogP contribution in [0, 0.1) is 17.7 Å². The third-order valence-corrected chi connectivity index (χ3v) is 5.67. The molecule has 0 saturated carbocycles. The van der Waals surface area contributed by atoms with Crippen LogP contribution in [0.25, 0.3) is 0 Å². The van der Waals surface area contributed by atoms with Gasteiger partial charge >= 0.3 is 0 Å². The van der Waals surface area contributed by atoms with Crippen LogP contribution in [0.4, 0.5) is 4.39 Å². The van der Waals surface area contributed by atoms with Crippen LogP contribution in [0.5, 0.6) is 0 Å². The molecule has 4 atom stereocenters. The van der Waals surface area contributed by atoms with Gasteiger partial charge in [0, 0.05) is 38.0 Å². The number of benzene rings is 2. The van der Waals surface area contributed by atoms with Gasteiger partial charge < -0.3 is 4.90 Å². The quantitative estimate of drug-likeness (QED) is 0.628. The molecule has 4 unspecified atom stereocenters. The fraction of sp³-hybridized carbons (Fsp3) is 0.429. The first-order valence-electron chi connectivity index (χ1n) is 9.66. The monoisotopic (exact) mass is 369 g/mol. The Balaban J connectivity index is 1.37. The van der Waals surface area contributed by atoms with Crippen molar-refractivity contribution in [3.05, 3.63) is 71.5 Å². The van der Waals surface area contributed by atoms with Gasteiger partial charge in [-0.2, -0.15) is 0 Å². The van der Waals surface area contributed by atoms with E-state index in [0.717, 1.165) is 31.7 Å². The van der Waals surface area contributed by atoms with Crippen LogP contribution in [-0.2, 0) is 0 Å². The molecule has 0 amide bonds. The van der Waals surface area contributed by atoms with Crippen molar-refractivity contribution in [1.82, 2.24) is 26.6 Å². The summed E-state index contributed by atoms with van der Waals surface area (Å²) in [6.45, 7) is 3.88. The second-order valence-corrected chi connectivity index (χ2v) is 7.71. The topological polar surface area (TPSA) is 51.4 Å². The Bertz CT molecular complexity index is 723. The van der Waals surface area contributed by atoms with Gasteiger partial charge in [-0.15, -0.1) is 0 Å². The van der Waals surface area contributed by atoms with E-state index >= 15 is 0 Å². The van der Waals surface area contributed by atoms with Crippen molar-refractivity contribution in [2.24, 2.45) is 11.8 Å². The molecule has 2 aliphatic heterocycles. The van der Waals surface area contributed by atoms with Crippen LogP contribution < -0.4 is 21.7 Å². The highest BCUT2D eigenvalue weighted by molar-refractivity contribution is 5.22. The van der Waals surface area contributed by atoms with Crippen molar-refractivity contribution >= 4 is 0 Å². The van der Waals surface area contributed by atoms with Crippen LogP contribution in [-0.4, -0.2) is 38.1 Å². The summed E-state index contributed by atoms with van der Waals surface area (Å²) in [5, 5.41) is 0. The van der Waals surface area contributed by atoms with Crippen LogP contribution in [0.15, 0.2) is 54.6 Å². The molecule has 6 heteroatoms. The number of rotatable bonds is 6. The largest absolute Gasteiger partial charge is 0.306 e. The van der Waals surface area contributed by atoms with E-state index in [1.54, 1.807) is 0 Å². The smallest absolute Gasteiger partial charge is 0.123 e. The van der Waals surface area contributed by atoms with E-state index in [9.17, 15) is 4.39 Å². The van der Waals surface area contributed by atoms with Gasteiger partial charge in [0.05, 0.1) is 12.1 Å². The van der Waals surface area contributed by atoms with Crippen LogP contribution >= 0.6 is 0 Å². The highest BCUT2D eigenvalue weighted by Gasteiger charge is 2.32. The van der Waals surface area contributed by atoms with Gasteiger partial charge in [0.1, 0.15) is 5.82 Å². The zero-order valence-corrected chi connectivity index (χ0v) is 15.7. The molecular formula is C21H28FN5. The number of nitrogens with zero attached hydrogens (tertiary/aromatic N) is 1. The molecule has 2 fully saturated rings. The molecule has 4 N–H and O–H groups in total. The van der Waals surface area contributed by atoms with Crippen molar-refractivity contribution in [3.63, 3.8) is 0 Å². The third kappa shape index (κ3) is 4.36. The summed E-state index contributed by atoms with van der Waals surface area (Å²) in [6, 6.07) is 18.0. The SMILES string of the molecule is CN(CC1CNNC1c1ccccc1)CC1CNNC1c1ccc(F)cc1. The molecule has 2 saturated heterocycles. The Morgan fingerprint density at radius 1 is 0.815 bits per heavy atom. The van der Waals surface area contributed by atoms with Crippen LogP contribution in [0.2, 0.25) is 0 Å². The summed E-state index contributed by atoms with van der Waals surface area (Å²) in [7, 11) is 2.19. The van der Waals surface area contributed by atoms with Gasteiger partial charge in [0.15, 0.2) is 0 Å². The van der Waals surface area contributed by atoms with Gasteiger partial charge in [-0.1, -0.05) is 42.5 Å². The minimum absolute atomic E-state index is 0.188. The molecule has 4 rings (SSSR count). The summed E-state index contributed by atoms with van der Waals surface area (Å²) < 4.78 is 13.2. The Morgan fingerprint density at radius 3 is 1.89 bits per heavy atom. The molecule has 0 aromatic heterocycles.